The third-order valence-corrected chi connectivity index (χ3v) is 6.38. The Morgan fingerprint density at radius 2 is 1.69 bits per heavy atom. The van der Waals surface area contributed by atoms with Crippen LogP contribution in [-0.4, -0.2) is 54.7 Å². The minimum Gasteiger partial charge on any atom is -0.336 e. The van der Waals surface area contributed by atoms with Crippen LogP contribution in [0, 0.1) is 11.6 Å². The number of rotatable bonds is 3. The van der Waals surface area contributed by atoms with E-state index in [0.717, 1.165) is 22.5 Å². The molecule has 0 atom stereocenters. The van der Waals surface area contributed by atoms with Gasteiger partial charge in [-0.2, -0.15) is 4.31 Å². The molecule has 0 bridgehead atoms. The number of halogens is 3. The number of carbonyl (C=O) groups is 1. The Balaban J connectivity index is 1.75. The molecule has 1 aromatic heterocycles. The average Bonchev–Trinajstić information content (AvgIpc) is 2.61. The average molecular weight is 446 g/mol. The molecule has 138 valence electrons. The molecule has 1 aliphatic rings. The molecule has 1 aliphatic heterocycles. The van der Waals surface area contributed by atoms with Gasteiger partial charge in [-0.1, -0.05) is 6.07 Å². The van der Waals surface area contributed by atoms with Crippen LogP contribution in [0.15, 0.2) is 46.0 Å². The summed E-state index contributed by atoms with van der Waals surface area (Å²) in [5, 5.41) is 0. The molecule has 6 nitrogen and oxygen atoms in total. The predicted molar refractivity (Wildman–Crippen MR) is 93.0 cm³/mol. The molecule has 2 heterocycles. The number of aromatic nitrogens is 1. The molecule has 0 unspecified atom stereocenters. The van der Waals surface area contributed by atoms with Crippen LogP contribution < -0.4 is 0 Å². The molecule has 2 aromatic rings. The van der Waals surface area contributed by atoms with E-state index >= 15 is 0 Å². The first-order valence-electron chi connectivity index (χ1n) is 7.64. The minimum absolute atomic E-state index is 0.0523. The van der Waals surface area contributed by atoms with Gasteiger partial charge in [-0.15, -0.1) is 0 Å². The zero-order valence-corrected chi connectivity index (χ0v) is 15.8. The van der Waals surface area contributed by atoms with E-state index in [1.54, 1.807) is 12.3 Å². The fourth-order valence-corrected chi connectivity index (χ4v) is 4.60. The number of benzene rings is 1. The maximum atomic E-state index is 13.8. The molecule has 0 aliphatic carbocycles. The number of piperazine rings is 1. The van der Waals surface area contributed by atoms with Crippen molar-refractivity contribution >= 4 is 31.9 Å². The van der Waals surface area contributed by atoms with Crippen LogP contribution in [0.1, 0.15) is 10.4 Å². The standard InChI is InChI=1S/C16H14BrF2N3O3S/c17-12-8-11(9-20-10-12)16(23)21-4-6-22(7-5-21)26(24,25)15-13(18)2-1-3-14(15)19/h1-3,8-10H,4-7H2. The summed E-state index contributed by atoms with van der Waals surface area (Å²) in [6, 6.07) is 4.52. The van der Waals surface area contributed by atoms with Gasteiger partial charge in [0.15, 0.2) is 4.90 Å². The van der Waals surface area contributed by atoms with Gasteiger partial charge in [0, 0.05) is 43.0 Å². The van der Waals surface area contributed by atoms with Crippen LogP contribution in [0.4, 0.5) is 8.78 Å². The highest BCUT2D eigenvalue weighted by Gasteiger charge is 2.34. The first kappa shape index (κ1) is 18.9. The zero-order chi connectivity index (χ0) is 18.9. The zero-order valence-electron chi connectivity index (χ0n) is 13.4. The summed E-state index contributed by atoms with van der Waals surface area (Å²) >= 11 is 3.24. The van der Waals surface area contributed by atoms with Gasteiger partial charge >= 0.3 is 0 Å². The topological polar surface area (TPSA) is 70.6 Å². The van der Waals surface area contributed by atoms with Crippen molar-refractivity contribution in [3.05, 3.63) is 58.3 Å². The second-order valence-electron chi connectivity index (χ2n) is 5.64. The summed E-state index contributed by atoms with van der Waals surface area (Å²) < 4.78 is 54.4. The molecule has 10 heteroatoms. The van der Waals surface area contributed by atoms with Gasteiger partial charge in [0.05, 0.1) is 5.56 Å². The summed E-state index contributed by atoms with van der Waals surface area (Å²) in [5.41, 5.74) is 0.371. The van der Waals surface area contributed by atoms with Crippen LogP contribution in [0.2, 0.25) is 0 Å². The van der Waals surface area contributed by atoms with Gasteiger partial charge in [-0.05, 0) is 34.1 Å². The van der Waals surface area contributed by atoms with Crippen molar-refractivity contribution < 1.29 is 22.0 Å². The summed E-state index contributed by atoms with van der Waals surface area (Å²) in [5.74, 6) is -2.56. The highest BCUT2D eigenvalue weighted by Crippen LogP contribution is 2.24. The van der Waals surface area contributed by atoms with Gasteiger partial charge in [0.25, 0.3) is 5.91 Å². The van der Waals surface area contributed by atoms with Crippen molar-refractivity contribution in [3.8, 4) is 0 Å². The quantitative estimate of drug-likeness (QED) is 0.726. The molecular formula is C16H14BrF2N3O3S. The SMILES string of the molecule is O=C(c1cncc(Br)c1)N1CCN(S(=O)(=O)c2c(F)cccc2F)CC1. The molecule has 1 saturated heterocycles. The largest absolute Gasteiger partial charge is 0.336 e. The minimum atomic E-state index is -4.32. The number of sulfonamides is 1. The lowest BCUT2D eigenvalue weighted by molar-refractivity contribution is 0.0697. The summed E-state index contributed by atoms with van der Waals surface area (Å²) in [4.78, 5) is 16.9. The second-order valence-corrected chi connectivity index (χ2v) is 8.43. The Kier molecular flexibility index (Phi) is 5.35. The first-order valence-corrected chi connectivity index (χ1v) is 9.88. The van der Waals surface area contributed by atoms with Crippen molar-refractivity contribution in [1.82, 2.24) is 14.2 Å². The fourth-order valence-electron chi connectivity index (χ4n) is 2.70. The first-order chi connectivity index (χ1) is 12.3. The Bertz CT molecular complexity index is 927. The van der Waals surface area contributed by atoms with E-state index in [-0.39, 0.29) is 32.1 Å². The summed E-state index contributed by atoms with van der Waals surface area (Å²) in [6.45, 7) is 0.119. The van der Waals surface area contributed by atoms with Crippen molar-refractivity contribution in [1.29, 1.82) is 0 Å². The summed E-state index contributed by atoms with van der Waals surface area (Å²) in [7, 11) is -4.32. The molecular weight excluding hydrogens is 432 g/mol. The molecule has 0 saturated carbocycles. The molecule has 26 heavy (non-hydrogen) atoms. The lowest BCUT2D eigenvalue weighted by Gasteiger charge is -2.34. The van der Waals surface area contributed by atoms with Gasteiger partial charge in [-0.25, -0.2) is 17.2 Å². The van der Waals surface area contributed by atoms with E-state index in [1.807, 2.05) is 0 Å². The van der Waals surface area contributed by atoms with Gasteiger partial charge < -0.3 is 4.90 Å². The van der Waals surface area contributed by atoms with Crippen molar-refractivity contribution in [2.75, 3.05) is 26.2 Å². The molecule has 0 spiro atoms. The Morgan fingerprint density at radius 1 is 1.08 bits per heavy atom. The van der Waals surface area contributed by atoms with Crippen molar-refractivity contribution in [2.24, 2.45) is 0 Å². The molecule has 1 fully saturated rings. The van der Waals surface area contributed by atoms with Crippen LogP contribution >= 0.6 is 15.9 Å². The van der Waals surface area contributed by atoms with Crippen molar-refractivity contribution in [2.45, 2.75) is 4.90 Å². The van der Waals surface area contributed by atoms with Crippen LogP contribution in [0.3, 0.4) is 0 Å². The number of hydrogen-bond donors (Lipinski definition) is 0. The van der Waals surface area contributed by atoms with E-state index in [0.29, 0.717) is 10.0 Å². The number of pyridine rings is 1. The van der Waals surface area contributed by atoms with E-state index in [1.165, 1.54) is 11.1 Å². The number of amides is 1. The van der Waals surface area contributed by atoms with E-state index in [9.17, 15) is 22.0 Å². The van der Waals surface area contributed by atoms with Crippen molar-refractivity contribution in [3.63, 3.8) is 0 Å². The van der Waals surface area contributed by atoms with Gasteiger partial charge in [0.1, 0.15) is 11.6 Å². The molecule has 1 aromatic carbocycles. The van der Waals surface area contributed by atoms with E-state index in [4.69, 9.17) is 0 Å². The summed E-state index contributed by atoms with van der Waals surface area (Å²) in [6.07, 6.45) is 2.97. The Morgan fingerprint density at radius 3 is 2.27 bits per heavy atom. The lowest BCUT2D eigenvalue weighted by atomic mass is 10.2. The third-order valence-electron chi connectivity index (χ3n) is 3.99. The molecule has 3 rings (SSSR count). The van der Waals surface area contributed by atoms with Crippen LogP contribution in [-0.2, 0) is 10.0 Å². The predicted octanol–water partition coefficient (Wildman–Crippen LogP) is 2.27. The highest BCUT2D eigenvalue weighted by molar-refractivity contribution is 9.10. The number of hydrogen-bond acceptors (Lipinski definition) is 4. The van der Waals surface area contributed by atoms with Gasteiger partial charge in [-0.3, -0.25) is 9.78 Å². The van der Waals surface area contributed by atoms with Gasteiger partial charge in [0.2, 0.25) is 10.0 Å². The normalized spacial score (nSPS) is 15.9. The maximum Gasteiger partial charge on any atom is 0.255 e. The highest BCUT2D eigenvalue weighted by atomic mass is 79.9. The van der Waals surface area contributed by atoms with E-state index < -0.39 is 26.6 Å². The Labute approximate surface area is 157 Å². The lowest BCUT2D eigenvalue weighted by Crippen LogP contribution is -2.50. The Hall–Kier alpha value is -1.91. The maximum absolute atomic E-state index is 13.8. The molecule has 0 radical (unpaired) electrons. The monoisotopic (exact) mass is 445 g/mol. The second kappa shape index (κ2) is 7.37. The number of nitrogens with zero attached hydrogens (tertiary/aromatic N) is 3. The van der Waals surface area contributed by atoms with Crippen LogP contribution in [0.5, 0.6) is 0 Å². The van der Waals surface area contributed by atoms with E-state index in [2.05, 4.69) is 20.9 Å². The smallest absolute Gasteiger partial charge is 0.255 e. The third kappa shape index (κ3) is 3.62. The van der Waals surface area contributed by atoms with Crippen LogP contribution in [0.25, 0.3) is 0 Å². The molecule has 1 amide bonds. The fraction of sp³-hybridized carbons (Fsp3) is 0.250. The molecule has 0 N–H and O–H groups in total. The number of carbonyl (C=O) groups excluding carboxylic acids is 1.